The molecule has 0 bridgehead atoms. The molecule has 1 rings (SSSR count). The molecular formula is C12H19F3N2O3. The van der Waals surface area contributed by atoms with Crippen molar-refractivity contribution in [2.75, 3.05) is 20.1 Å². The number of carboxylic acid groups (broad SMARTS) is 1. The van der Waals surface area contributed by atoms with Crippen LogP contribution in [0.5, 0.6) is 0 Å². The number of urea groups is 1. The van der Waals surface area contributed by atoms with Gasteiger partial charge < -0.3 is 15.3 Å². The van der Waals surface area contributed by atoms with Gasteiger partial charge in [-0.3, -0.25) is 4.79 Å². The number of hydrogen-bond donors (Lipinski definition) is 2. The van der Waals surface area contributed by atoms with Crippen LogP contribution in [0.2, 0.25) is 0 Å². The third-order valence-electron chi connectivity index (χ3n) is 3.50. The summed E-state index contributed by atoms with van der Waals surface area (Å²) in [4.78, 5) is 22.8. The van der Waals surface area contributed by atoms with Crippen LogP contribution >= 0.6 is 0 Å². The first kappa shape index (κ1) is 16.6. The van der Waals surface area contributed by atoms with Crippen molar-refractivity contribution in [1.29, 1.82) is 0 Å². The molecule has 0 spiro atoms. The summed E-state index contributed by atoms with van der Waals surface area (Å²) >= 11 is 0. The molecule has 0 aromatic rings. The summed E-state index contributed by atoms with van der Waals surface area (Å²) in [5.41, 5.74) is 0. The van der Waals surface area contributed by atoms with Crippen molar-refractivity contribution in [3.05, 3.63) is 0 Å². The van der Waals surface area contributed by atoms with Crippen LogP contribution in [0.25, 0.3) is 0 Å². The molecule has 20 heavy (non-hydrogen) atoms. The molecule has 0 radical (unpaired) electrons. The first-order chi connectivity index (χ1) is 9.19. The van der Waals surface area contributed by atoms with E-state index in [0.29, 0.717) is 30.6 Å². The minimum absolute atomic E-state index is 0.133. The summed E-state index contributed by atoms with van der Waals surface area (Å²) in [6.07, 6.45) is -1.98. The predicted octanol–water partition coefficient (Wildman–Crippen LogP) is 2.08. The fourth-order valence-electron chi connectivity index (χ4n) is 2.32. The summed E-state index contributed by atoms with van der Waals surface area (Å²) in [6, 6.07) is -0.761. The first-order valence-electron chi connectivity index (χ1n) is 6.47. The van der Waals surface area contributed by atoms with Crippen LogP contribution in [-0.2, 0) is 4.79 Å². The Morgan fingerprint density at radius 2 is 1.80 bits per heavy atom. The minimum Gasteiger partial charge on any atom is -0.481 e. The second kappa shape index (κ2) is 6.81. The molecule has 116 valence electrons. The molecule has 0 aliphatic heterocycles. The number of aliphatic carboxylic acids is 1. The second-order valence-electron chi connectivity index (χ2n) is 5.21. The van der Waals surface area contributed by atoms with Crippen LogP contribution in [0, 0.1) is 11.8 Å². The molecule has 8 heteroatoms. The van der Waals surface area contributed by atoms with Crippen molar-refractivity contribution in [3.8, 4) is 0 Å². The molecule has 1 aliphatic rings. The van der Waals surface area contributed by atoms with E-state index in [1.807, 2.05) is 0 Å². The highest BCUT2D eigenvalue weighted by Crippen LogP contribution is 2.28. The lowest BCUT2D eigenvalue weighted by Crippen LogP contribution is -2.44. The average Bonchev–Trinajstić information content (AvgIpc) is 2.34. The number of halogens is 3. The van der Waals surface area contributed by atoms with Gasteiger partial charge in [-0.05, 0) is 31.6 Å². The van der Waals surface area contributed by atoms with Crippen molar-refractivity contribution in [2.45, 2.75) is 31.9 Å². The van der Waals surface area contributed by atoms with Crippen molar-refractivity contribution < 1.29 is 27.9 Å². The first-order valence-corrected chi connectivity index (χ1v) is 6.47. The molecule has 5 nitrogen and oxygen atoms in total. The zero-order chi connectivity index (χ0) is 15.3. The van der Waals surface area contributed by atoms with Gasteiger partial charge in [-0.25, -0.2) is 4.79 Å². The number of amides is 2. The number of alkyl halides is 3. The number of hydrogen-bond acceptors (Lipinski definition) is 2. The number of nitrogens with zero attached hydrogens (tertiary/aromatic N) is 1. The maximum absolute atomic E-state index is 12.1. The monoisotopic (exact) mass is 296 g/mol. The molecule has 0 aromatic carbocycles. The topological polar surface area (TPSA) is 69.6 Å². The zero-order valence-electron chi connectivity index (χ0n) is 11.2. The van der Waals surface area contributed by atoms with E-state index < -0.39 is 24.7 Å². The van der Waals surface area contributed by atoms with Crippen LogP contribution in [-0.4, -0.2) is 48.3 Å². The Bertz CT molecular complexity index is 352. The Hall–Kier alpha value is -1.47. The van der Waals surface area contributed by atoms with E-state index in [9.17, 15) is 22.8 Å². The number of nitrogens with one attached hydrogen (secondary N) is 1. The van der Waals surface area contributed by atoms with Gasteiger partial charge in [-0.2, -0.15) is 13.2 Å². The van der Waals surface area contributed by atoms with Gasteiger partial charge in [-0.1, -0.05) is 0 Å². The molecule has 2 N–H and O–H groups in total. The van der Waals surface area contributed by atoms with Gasteiger partial charge in [0.1, 0.15) is 6.54 Å². The standard InChI is InChI=1S/C12H19F3N2O3/c1-17(7-12(13,14)15)11(20)16-6-8-2-4-9(5-3-8)10(18)19/h8-9H,2-7H2,1H3,(H,16,20)(H,18,19). The third-order valence-corrected chi connectivity index (χ3v) is 3.50. The highest BCUT2D eigenvalue weighted by atomic mass is 19.4. The summed E-state index contributed by atoms with van der Waals surface area (Å²) in [5, 5.41) is 11.3. The second-order valence-corrected chi connectivity index (χ2v) is 5.21. The summed E-state index contributed by atoms with van der Waals surface area (Å²) in [7, 11) is 1.09. The Morgan fingerprint density at radius 3 is 2.25 bits per heavy atom. The maximum Gasteiger partial charge on any atom is 0.406 e. The van der Waals surface area contributed by atoms with Gasteiger partial charge in [-0.15, -0.1) is 0 Å². The van der Waals surface area contributed by atoms with E-state index in [-0.39, 0.29) is 18.4 Å². The molecule has 0 aromatic heterocycles. The smallest absolute Gasteiger partial charge is 0.406 e. The predicted molar refractivity (Wildman–Crippen MR) is 65.2 cm³/mol. The van der Waals surface area contributed by atoms with Crippen molar-refractivity contribution in [1.82, 2.24) is 10.2 Å². The van der Waals surface area contributed by atoms with Gasteiger partial charge >= 0.3 is 18.2 Å². The molecule has 1 saturated carbocycles. The van der Waals surface area contributed by atoms with E-state index in [0.717, 1.165) is 7.05 Å². The fraction of sp³-hybridized carbons (Fsp3) is 0.833. The molecule has 0 heterocycles. The number of carboxylic acids is 1. The molecule has 0 atom stereocenters. The van der Waals surface area contributed by atoms with Crippen LogP contribution in [0.4, 0.5) is 18.0 Å². The number of rotatable bonds is 4. The quantitative estimate of drug-likeness (QED) is 0.834. The van der Waals surface area contributed by atoms with Crippen molar-refractivity contribution in [2.24, 2.45) is 11.8 Å². The summed E-state index contributed by atoms with van der Waals surface area (Å²) in [5.74, 6) is -1.01. The van der Waals surface area contributed by atoms with Gasteiger partial charge in [0.15, 0.2) is 0 Å². The molecule has 1 aliphatic carbocycles. The van der Waals surface area contributed by atoms with E-state index >= 15 is 0 Å². The summed E-state index contributed by atoms with van der Waals surface area (Å²) < 4.78 is 36.3. The third kappa shape index (κ3) is 5.66. The lowest BCUT2D eigenvalue weighted by atomic mass is 9.82. The summed E-state index contributed by atoms with van der Waals surface area (Å²) in [6.45, 7) is -1.00. The van der Waals surface area contributed by atoms with Crippen LogP contribution in [0.1, 0.15) is 25.7 Å². The zero-order valence-corrected chi connectivity index (χ0v) is 11.2. The van der Waals surface area contributed by atoms with Gasteiger partial charge in [0.05, 0.1) is 5.92 Å². The molecule has 0 saturated heterocycles. The van der Waals surface area contributed by atoms with E-state index in [2.05, 4.69) is 5.32 Å². The Morgan fingerprint density at radius 1 is 1.25 bits per heavy atom. The molecule has 2 amide bonds. The van der Waals surface area contributed by atoms with E-state index in [1.165, 1.54) is 0 Å². The lowest BCUT2D eigenvalue weighted by molar-refractivity contribution is -0.143. The number of carbonyl (C=O) groups excluding carboxylic acids is 1. The minimum atomic E-state index is -4.41. The van der Waals surface area contributed by atoms with E-state index in [1.54, 1.807) is 0 Å². The van der Waals surface area contributed by atoms with Crippen molar-refractivity contribution >= 4 is 12.0 Å². The van der Waals surface area contributed by atoms with Crippen LogP contribution in [0.3, 0.4) is 0 Å². The Balaban J connectivity index is 2.27. The van der Waals surface area contributed by atoms with E-state index in [4.69, 9.17) is 5.11 Å². The highest BCUT2D eigenvalue weighted by molar-refractivity contribution is 5.73. The normalized spacial score (nSPS) is 23.2. The molecule has 1 fully saturated rings. The van der Waals surface area contributed by atoms with Gasteiger partial charge in [0, 0.05) is 13.6 Å². The van der Waals surface area contributed by atoms with Crippen LogP contribution < -0.4 is 5.32 Å². The van der Waals surface area contributed by atoms with Gasteiger partial charge in [0.25, 0.3) is 0 Å². The fourth-order valence-corrected chi connectivity index (χ4v) is 2.32. The Kier molecular flexibility index (Phi) is 5.64. The number of carbonyl (C=O) groups is 2. The Labute approximate surface area is 115 Å². The largest absolute Gasteiger partial charge is 0.481 e. The highest BCUT2D eigenvalue weighted by Gasteiger charge is 2.31. The SMILES string of the molecule is CN(CC(F)(F)F)C(=O)NCC1CCC(C(=O)O)CC1. The molecule has 0 unspecified atom stereocenters. The van der Waals surface area contributed by atoms with Crippen molar-refractivity contribution in [3.63, 3.8) is 0 Å². The molecular weight excluding hydrogens is 277 g/mol. The van der Waals surface area contributed by atoms with Crippen LogP contribution in [0.15, 0.2) is 0 Å². The van der Waals surface area contributed by atoms with Gasteiger partial charge in [0.2, 0.25) is 0 Å². The maximum atomic E-state index is 12.1. The average molecular weight is 296 g/mol. The lowest BCUT2D eigenvalue weighted by Gasteiger charge is -2.27.